The minimum absolute atomic E-state index is 0.683. The summed E-state index contributed by atoms with van der Waals surface area (Å²) in [7, 11) is 0. The minimum atomic E-state index is 0.683. The molecule has 3 nitrogen and oxygen atoms in total. The number of hydrogen-bond acceptors (Lipinski definition) is 3. The second-order valence-electron chi connectivity index (χ2n) is 2.08. The van der Waals surface area contributed by atoms with Crippen LogP contribution in [0.15, 0.2) is 22.9 Å². The van der Waals surface area contributed by atoms with E-state index in [1.807, 2.05) is 23.8 Å². The zero-order valence-electron chi connectivity index (χ0n) is 5.53. The quantitative estimate of drug-likeness (QED) is 0.467. The Balaban J connectivity index is 2.88. The third-order valence-corrected chi connectivity index (χ3v) is 1.30. The van der Waals surface area contributed by atoms with Crippen LogP contribution in [0, 0.1) is 0 Å². The van der Waals surface area contributed by atoms with Crippen LogP contribution in [-0.4, -0.2) is 27.7 Å². The number of aromatic nitrogens is 2. The van der Waals surface area contributed by atoms with Gasteiger partial charge in [0.25, 0.3) is 0 Å². The first-order valence-electron chi connectivity index (χ1n) is 3.03. The van der Waals surface area contributed by atoms with E-state index in [1.54, 1.807) is 12.4 Å². The molecule has 0 aliphatic carbocycles. The molecule has 0 N–H and O–H groups in total. The van der Waals surface area contributed by atoms with Crippen molar-refractivity contribution in [2.45, 2.75) is 0 Å². The zero-order valence-corrected chi connectivity index (χ0v) is 5.53. The summed E-state index contributed by atoms with van der Waals surface area (Å²) in [5.41, 5.74) is 1.62. The molecule has 0 atom stereocenters. The molecular weight excluding hydrogens is 123 g/mol. The molecule has 0 radical (unpaired) electrons. The summed E-state index contributed by atoms with van der Waals surface area (Å²) in [6.45, 7) is 0. The summed E-state index contributed by atoms with van der Waals surface area (Å²) in [5, 5.41) is 0. The molecule has 0 aliphatic heterocycles. The summed E-state index contributed by atoms with van der Waals surface area (Å²) >= 11 is 1.82. The van der Waals surface area contributed by atoms with Gasteiger partial charge >= 0.3 is 66.2 Å². The molecule has 0 saturated carbocycles. The second kappa shape index (κ2) is 2.12. The van der Waals surface area contributed by atoms with Crippen LogP contribution in [0.3, 0.4) is 0 Å². The van der Waals surface area contributed by atoms with Crippen molar-refractivity contribution in [2.75, 3.05) is 0 Å². The van der Waals surface area contributed by atoms with Crippen LogP contribution < -0.4 is 4.56 Å². The van der Waals surface area contributed by atoms with E-state index in [1.165, 1.54) is 0 Å². The number of hydrogen-bond donors (Lipinski definition) is 0. The molecule has 0 bridgehead atoms. The molecule has 44 valence electrons. The molecule has 0 aliphatic rings. The fourth-order valence-electron chi connectivity index (χ4n) is 0.895. The van der Waals surface area contributed by atoms with E-state index in [0.29, 0.717) is 4.56 Å². The van der Waals surface area contributed by atoms with Crippen LogP contribution in [0.25, 0.3) is 11.1 Å². The Labute approximate surface area is 66.7 Å². The third kappa shape index (κ3) is 0.841. The first kappa shape index (κ1) is 5.96. The SMILES string of the molecule is [Li][c]1nc2ccncc2o1. The molecule has 4 heteroatoms. The van der Waals surface area contributed by atoms with Crippen molar-refractivity contribution in [1.82, 2.24) is 9.97 Å². The Morgan fingerprint density at radius 1 is 1.50 bits per heavy atom. The van der Waals surface area contributed by atoms with Gasteiger partial charge < -0.3 is 0 Å². The Morgan fingerprint density at radius 3 is 3.20 bits per heavy atom. The summed E-state index contributed by atoms with van der Waals surface area (Å²) in [6, 6.07) is 1.83. The fraction of sp³-hybridized carbons (Fsp3) is 0. The normalized spacial score (nSPS) is 10.6. The number of rotatable bonds is 0. The number of nitrogens with zero attached hydrogens (tertiary/aromatic N) is 2. The van der Waals surface area contributed by atoms with Gasteiger partial charge in [0.2, 0.25) is 0 Å². The molecule has 0 spiro atoms. The summed E-state index contributed by atoms with van der Waals surface area (Å²) in [6.07, 6.45) is 3.36. The van der Waals surface area contributed by atoms with Gasteiger partial charge in [0.1, 0.15) is 0 Å². The van der Waals surface area contributed by atoms with E-state index in [0.717, 1.165) is 11.1 Å². The monoisotopic (exact) mass is 126 g/mol. The molecular formula is C6H3LiN2O. The van der Waals surface area contributed by atoms with E-state index < -0.39 is 0 Å². The van der Waals surface area contributed by atoms with Crippen molar-refractivity contribution >= 4 is 33.4 Å². The topological polar surface area (TPSA) is 38.9 Å². The van der Waals surface area contributed by atoms with Gasteiger partial charge in [-0.1, -0.05) is 0 Å². The Morgan fingerprint density at radius 2 is 2.40 bits per heavy atom. The average molecular weight is 126 g/mol. The van der Waals surface area contributed by atoms with Crippen molar-refractivity contribution in [3.8, 4) is 0 Å². The number of fused-ring (bicyclic) bond motifs is 1. The molecule has 0 unspecified atom stereocenters. The molecule has 2 heterocycles. The molecule has 0 saturated heterocycles. The van der Waals surface area contributed by atoms with Gasteiger partial charge in [0.15, 0.2) is 0 Å². The molecule has 0 fully saturated rings. The first-order chi connectivity index (χ1) is 4.86. The summed E-state index contributed by atoms with van der Waals surface area (Å²) in [4.78, 5) is 8.00. The van der Waals surface area contributed by atoms with Gasteiger partial charge in [-0.15, -0.1) is 0 Å². The van der Waals surface area contributed by atoms with Crippen LogP contribution in [0.5, 0.6) is 0 Å². The van der Waals surface area contributed by atoms with E-state index in [2.05, 4.69) is 9.97 Å². The van der Waals surface area contributed by atoms with Crippen molar-refractivity contribution in [3.05, 3.63) is 18.5 Å². The molecule has 0 amide bonds. The van der Waals surface area contributed by atoms with E-state index in [-0.39, 0.29) is 0 Å². The van der Waals surface area contributed by atoms with Crippen LogP contribution in [-0.2, 0) is 0 Å². The maximum atomic E-state index is 5.19. The van der Waals surface area contributed by atoms with Crippen molar-refractivity contribution < 1.29 is 4.42 Å². The fourth-order valence-corrected chi connectivity index (χ4v) is 0.895. The van der Waals surface area contributed by atoms with Crippen LogP contribution in [0.1, 0.15) is 0 Å². The summed E-state index contributed by atoms with van der Waals surface area (Å²) in [5.74, 6) is 0. The Hall–Kier alpha value is -0.783. The van der Waals surface area contributed by atoms with Gasteiger partial charge in [-0.05, 0) is 0 Å². The number of pyridine rings is 1. The van der Waals surface area contributed by atoms with Gasteiger partial charge in [-0.25, -0.2) is 0 Å². The van der Waals surface area contributed by atoms with Crippen molar-refractivity contribution in [3.63, 3.8) is 0 Å². The summed E-state index contributed by atoms with van der Waals surface area (Å²) < 4.78 is 5.88. The Bertz CT molecular complexity index is 324. The maximum absolute atomic E-state index is 5.19. The van der Waals surface area contributed by atoms with Crippen molar-refractivity contribution in [1.29, 1.82) is 0 Å². The zero-order chi connectivity index (χ0) is 6.97. The second-order valence-corrected chi connectivity index (χ2v) is 2.08. The molecule has 2 aromatic heterocycles. The van der Waals surface area contributed by atoms with E-state index in [4.69, 9.17) is 4.42 Å². The van der Waals surface area contributed by atoms with Crippen molar-refractivity contribution in [2.24, 2.45) is 0 Å². The van der Waals surface area contributed by atoms with Crippen LogP contribution >= 0.6 is 0 Å². The van der Waals surface area contributed by atoms with Gasteiger partial charge in [-0.3, -0.25) is 0 Å². The molecule has 10 heavy (non-hydrogen) atoms. The molecule has 2 aromatic rings. The van der Waals surface area contributed by atoms with Crippen LogP contribution in [0.4, 0.5) is 0 Å². The Kier molecular flexibility index (Phi) is 1.26. The van der Waals surface area contributed by atoms with E-state index in [9.17, 15) is 0 Å². The predicted molar refractivity (Wildman–Crippen MR) is 37.2 cm³/mol. The predicted octanol–water partition coefficient (Wildman–Crippen LogP) is 0.0166. The standard InChI is InChI=1S/C6H3N2O.Li/c1-2-7-3-6-5(1)8-4-9-6;/h1-3H;. The van der Waals surface area contributed by atoms with E-state index >= 15 is 0 Å². The third-order valence-electron chi connectivity index (χ3n) is 1.30. The van der Waals surface area contributed by atoms with Gasteiger partial charge in [0, 0.05) is 0 Å². The first-order valence-corrected chi connectivity index (χ1v) is 3.03. The molecule has 0 aromatic carbocycles. The van der Waals surface area contributed by atoms with Gasteiger partial charge in [-0.2, -0.15) is 0 Å². The number of oxazole rings is 1. The average Bonchev–Trinajstić information content (AvgIpc) is 2.27. The molecule has 2 rings (SSSR count). The van der Waals surface area contributed by atoms with Crippen LogP contribution in [0.2, 0.25) is 0 Å². The van der Waals surface area contributed by atoms with Gasteiger partial charge in [0.05, 0.1) is 0 Å².